The summed E-state index contributed by atoms with van der Waals surface area (Å²) in [7, 11) is 0. The number of aromatic amines is 1. The standard InChI is InChI=1S/C28H30FN5O3/c29-14-25(35)31-15-23(26-27(36)28(37)33-18-32-26)13-21-7-3-19(4-8-21)1-2-20-5-9-22(10-6-20)16-34-12-11-24(30)17-34/h3-10,18,23-24,36H,11-17,30H2,(H,31,35)(H,32,33,37)/t23?,24-/m1/s1. The molecule has 9 heteroatoms. The van der Waals surface area contributed by atoms with Gasteiger partial charge < -0.3 is 21.1 Å². The van der Waals surface area contributed by atoms with Crippen LogP contribution in [0.15, 0.2) is 59.7 Å². The van der Waals surface area contributed by atoms with Crippen molar-refractivity contribution in [3.8, 4) is 17.6 Å². The summed E-state index contributed by atoms with van der Waals surface area (Å²) in [5, 5.41) is 12.6. The molecule has 1 aliphatic rings. The van der Waals surface area contributed by atoms with Gasteiger partial charge in [-0.2, -0.15) is 0 Å². The SMILES string of the molecule is N[C@@H]1CCN(Cc2ccc(C#Cc3ccc(CC(CNC(=O)CF)c4nc[nH]c(=O)c4O)cc3)cc2)C1. The Morgan fingerprint density at radius 1 is 1.16 bits per heavy atom. The molecule has 0 saturated carbocycles. The van der Waals surface area contributed by atoms with Gasteiger partial charge in [-0.25, -0.2) is 9.37 Å². The van der Waals surface area contributed by atoms with Crippen LogP contribution in [0.5, 0.6) is 5.75 Å². The number of aromatic nitrogens is 2. The Balaban J connectivity index is 1.41. The van der Waals surface area contributed by atoms with Gasteiger partial charge in [0.25, 0.3) is 11.5 Å². The highest BCUT2D eigenvalue weighted by Gasteiger charge is 2.21. The first-order valence-corrected chi connectivity index (χ1v) is 12.2. The zero-order chi connectivity index (χ0) is 26.2. The Bertz CT molecular complexity index is 1330. The lowest BCUT2D eigenvalue weighted by molar-refractivity contribution is -0.122. The van der Waals surface area contributed by atoms with E-state index in [-0.39, 0.29) is 18.3 Å². The van der Waals surface area contributed by atoms with Crippen molar-refractivity contribution in [3.63, 3.8) is 0 Å². The summed E-state index contributed by atoms with van der Waals surface area (Å²) >= 11 is 0. The lowest BCUT2D eigenvalue weighted by Gasteiger charge is -2.17. The number of hydrogen-bond donors (Lipinski definition) is 4. The maximum atomic E-state index is 12.6. The maximum absolute atomic E-state index is 12.6. The van der Waals surface area contributed by atoms with Gasteiger partial charge in [-0.1, -0.05) is 36.1 Å². The number of likely N-dealkylation sites (tertiary alicyclic amines) is 1. The van der Waals surface area contributed by atoms with Crippen LogP contribution in [0.3, 0.4) is 0 Å². The van der Waals surface area contributed by atoms with E-state index >= 15 is 0 Å². The average Bonchev–Trinajstić information content (AvgIpc) is 3.32. The van der Waals surface area contributed by atoms with Crippen LogP contribution in [0.1, 0.15) is 40.3 Å². The Morgan fingerprint density at radius 2 is 1.81 bits per heavy atom. The van der Waals surface area contributed by atoms with Gasteiger partial charge in [0.05, 0.1) is 12.0 Å². The molecule has 0 radical (unpaired) electrons. The lowest BCUT2D eigenvalue weighted by Crippen LogP contribution is -2.31. The van der Waals surface area contributed by atoms with Gasteiger partial charge in [-0.15, -0.1) is 0 Å². The molecule has 1 saturated heterocycles. The van der Waals surface area contributed by atoms with Crippen LogP contribution < -0.4 is 16.6 Å². The average molecular weight is 504 g/mol. The number of rotatable bonds is 8. The molecule has 1 aromatic heterocycles. The van der Waals surface area contributed by atoms with Crippen molar-refractivity contribution in [1.29, 1.82) is 0 Å². The predicted molar refractivity (Wildman–Crippen MR) is 139 cm³/mol. The molecule has 1 fully saturated rings. The number of nitrogens with zero attached hydrogens (tertiary/aromatic N) is 2. The van der Waals surface area contributed by atoms with Crippen LogP contribution >= 0.6 is 0 Å². The number of aromatic hydroxyl groups is 1. The smallest absolute Gasteiger partial charge is 0.293 e. The first-order valence-electron chi connectivity index (χ1n) is 12.2. The van der Waals surface area contributed by atoms with E-state index in [1.807, 2.05) is 36.4 Å². The molecule has 1 unspecified atom stereocenters. The van der Waals surface area contributed by atoms with Gasteiger partial charge in [0.1, 0.15) is 0 Å². The highest BCUT2D eigenvalue weighted by Crippen LogP contribution is 2.24. The van der Waals surface area contributed by atoms with Crippen molar-refractivity contribution in [2.45, 2.75) is 31.3 Å². The number of alkyl halides is 1. The highest BCUT2D eigenvalue weighted by molar-refractivity contribution is 5.77. The zero-order valence-corrected chi connectivity index (χ0v) is 20.4. The highest BCUT2D eigenvalue weighted by atomic mass is 19.1. The van der Waals surface area contributed by atoms with E-state index in [1.165, 1.54) is 11.9 Å². The van der Waals surface area contributed by atoms with E-state index in [1.54, 1.807) is 0 Å². The number of halogens is 1. The minimum atomic E-state index is -1.15. The molecule has 1 aliphatic heterocycles. The summed E-state index contributed by atoms with van der Waals surface area (Å²) in [5.41, 5.74) is 9.33. The monoisotopic (exact) mass is 503 g/mol. The van der Waals surface area contributed by atoms with Crippen molar-refractivity contribution in [1.82, 2.24) is 20.2 Å². The number of carbonyl (C=O) groups is 1. The van der Waals surface area contributed by atoms with Crippen LogP contribution in [0.25, 0.3) is 0 Å². The topological polar surface area (TPSA) is 124 Å². The van der Waals surface area contributed by atoms with Crippen LogP contribution in [0.2, 0.25) is 0 Å². The third-order valence-electron chi connectivity index (χ3n) is 6.37. The molecule has 0 bridgehead atoms. The summed E-state index contributed by atoms with van der Waals surface area (Å²) in [4.78, 5) is 32.0. The molecule has 1 amide bonds. The van der Waals surface area contributed by atoms with E-state index in [2.05, 4.69) is 44.2 Å². The van der Waals surface area contributed by atoms with Crippen LogP contribution in [0.4, 0.5) is 4.39 Å². The minimum Gasteiger partial charge on any atom is -0.502 e. The Morgan fingerprint density at radius 3 is 2.41 bits per heavy atom. The van der Waals surface area contributed by atoms with Crippen LogP contribution in [-0.2, 0) is 17.8 Å². The number of nitrogens with one attached hydrogen (secondary N) is 2. The number of nitrogens with two attached hydrogens (primary N) is 1. The van der Waals surface area contributed by atoms with E-state index in [0.29, 0.717) is 6.42 Å². The summed E-state index contributed by atoms with van der Waals surface area (Å²) in [6.07, 6.45) is 2.60. The number of H-pyrrole nitrogens is 1. The molecule has 2 heterocycles. The minimum absolute atomic E-state index is 0.0227. The fourth-order valence-corrected chi connectivity index (χ4v) is 4.37. The van der Waals surface area contributed by atoms with E-state index < -0.39 is 29.8 Å². The second-order valence-electron chi connectivity index (χ2n) is 9.23. The number of hydrogen-bond acceptors (Lipinski definition) is 6. The molecule has 0 aliphatic carbocycles. The fourth-order valence-electron chi connectivity index (χ4n) is 4.37. The molecule has 3 aromatic rings. The summed E-state index contributed by atoms with van der Waals surface area (Å²) in [6.45, 7) is 1.74. The van der Waals surface area contributed by atoms with E-state index in [4.69, 9.17) is 5.73 Å². The van der Waals surface area contributed by atoms with Crippen molar-refractivity contribution in [2.75, 3.05) is 26.3 Å². The first kappa shape index (κ1) is 26.1. The van der Waals surface area contributed by atoms with Gasteiger partial charge in [0.15, 0.2) is 6.67 Å². The second-order valence-corrected chi connectivity index (χ2v) is 9.23. The van der Waals surface area contributed by atoms with E-state index in [9.17, 15) is 19.1 Å². The van der Waals surface area contributed by atoms with Crippen molar-refractivity contribution in [3.05, 3.63) is 93.2 Å². The first-order chi connectivity index (χ1) is 17.9. The van der Waals surface area contributed by atoms with Crippen molar-refractivity contribution >= 4 is 5.91 Å². The molecule has 4 rings (SSSR count). The maximum Gasteiger partial charge on any atom is 0.293 e. The second kappa shape index (κ2) is 12.3. The molecule has 0 spiro atoms. The fraction of sp³-hybridized carbons (Fsp3) is 0.321. The van der Waals surface area contributed by atoms with E-state index in [0.717, 1.165) is 42.7 Å². The molecule has 5 N–H and O–H groups in total. The number of benzene rings is 2. The molecule has 192 valence electrons. The van der Waals surface area contributed by atoms with Crippen molar-refractivity contribution in [2.24, 2.45) is 5.73 Å². The van der Waals surface area contributed by atoms with Gasteiger partial charge >= 0.3 is 0 Å². The van der Waals surface area contributed by atoms with Gasteiger partial charge in [0.2, 0.25) is 5.75 Å². The molecule has 37 heavy (non-hydrogen) atoms. The third kappa shape index (κ3) is 7.26. The molecular weight excluding hydrogens is 473 g/mol. The van der Waals surface area contributed by atoms with Crippen LogP contribution in [0, 0.1) is 11.8 Å². The largest absolute Gasteiger partial charge is 0.502 e. The summed E-state index contributed by atoms with van der Waals surface area (Å²) in [5.74, 6) is 4.53. The van der Waals surface area contributed by atoms with Crippen LogP contribution in [-0.4, -0.2) is 58.2 Å². The van der Waals surface area contributed by atoms with Gasteiger partial charge in [0, 0.05) is 49.3 Å². The summed E-state index contributed by atoms with van der Waals surface area (Å²) in [6, 6.07) is 16.0. The van der Waals surface area contributed by atoms with Gasteiger partial charge in [-0.3, -0.25) is 14.5 Å². The Hall–Kier alpha value is -4.00. The Labute approximate surface area is 214 Å². The van der Waals surface area contributed by atoms with Crippen molar-refractivity contribution < 1.29 is 14.3 Å². The Kier molecular flexibility index (Phi) is 8.67. The molecular formula is C28H30FN5O3. The normalized spacial score (nSPS) is 16.1. The molecule has 2 atom stereocenters. The summed E-state index contributed by atoms with van der Waals surface area (Å²) < 4.78 is 12.6. The van der Waals surface area contributed by atoms with Gasteiger partial charge in [-0.05, 0) is 48.2 Å². The number of carbonyl (C=O) groups excluding carboxylic acids is 1. The third-order valence-corrected chi connectivity index (χ3v) is 6.37. The predicted octanol–water partition coefficient (Wildman–Crippen LogP) is 1.82. The molecule has 2 aromatic carbocycles. The quantitative estimate of drug-likeness (QED) is 0.348. The molecule has 8 nitrogen and oxygen atoms in total. The number of amides is 1. The lowest BCUT2D eigenvalue weighted by atomic mass is 9.94. The zero-order valence-electron chi connectivity index (χ0n) is 20.4.